The Balaban J connectivity index is 2.95. The quantitative estimate of drug-likeness (QED) is 0.641. The summed E-state index contributed by atoms with van der Waals surface area (Å²) in [4.78, 5) is 11.6. The number of rotatable bonds is 6. The van der Waals surface area contributed by atoms with Gasteiger partial charge < -0.3 is 15.2 Å². The van der Waals surface area contributed by atoms with Gasteiger partial charge in [-0.05, 0) is 12.5 Å². The lowest BCUT2D eigenvalue weighted by Gasteiger charge is -2.12. The lowest BCUT2D eigenvalue weighted by molar-refractivity contribution is 0.0505. The molecule has 0 bridgehead atoms. The number of benzene rings is 1. The fraction of sp³-hybridized carbons (Fsp3) is 0.417. The molecule has 4 nitrogen and oxygen atoms in total. The normalized spacial score (nSPS) is 10.6. The average Bonchev–Trinajstić information content (AvgIpc) is 2.36. The van der Waals surface area contributed by atoms with Crippen LogP contribution in [-0.2, 0) is 4.74 Å². The molecular formula is C12H14F3NO3. The van der Waals surface area contributed by atoms with Gasteiger partial charge in [0.15, 0.2) is 0 Å². The summed E-state index contributed by atoms with van der Waals surface area (Å²) in [7, 11) is 0. The molecule has 0 saturated carbocycles. The Hall–Kier alpha value is -1.92. The Kier molecular flexibility index (Phi) is 5.47. The summed E-state index contributed by atoms with van der Waals surface area (Å²) in [6.45, 7) is 1.01. The fourth-order valence-corrected chi connectivity index (χ4v) is 1.31. The Morgan fingerprint density at radius 1 is 1.42 bits per heavy atom. The molecule has 106 valence electrons. The van der Waals surface area contributed by atoms with Crippen molar-refractivity contribution in [2.75, 3.05) is 18.9 Å². The molecular weight excluding hydrogens is 263 g/mol. The Morgan fingerprint density at radius 3 is 2.68 bits per heavy atom. The molecule has 1 aromatic carbocycles. The molecule has 0 radical (unpaired) electrons. The van der Waals surface area contributed by atoms with Crippen LogP contribution in [0.25, 0.3) is 0 Å². The first kappa shape index (κ1) is 15.1. The van der Waals surface area contributed by atoms with Gasteiger partial charge >= 0.3 is 5.97 Å². The number of alkyl halides is 2. The molecule has 7 heteroatoms. The monoisotopic (exact) mass is 277 g/mol. The van der Waals surface area contributed by atoms with Gasteiger partial charge in [0.25, 0.3) is 6.43 Å². The minimum absolute atomic E-state index is 0.155. The number of halogens is 3. The summed E-state index contributed by atoms with van der Waals surface area (Å²) >= 11 is 0. The summed E-state index contributed by atoms with van der Waals surface area (Å²) < 4.78 is 46.8. The van der Waals surface area contributed by atoms with E-state index < -0.39 is 24.8 Å². The van der Waals surface area contributed by atoms with Gasteiger partial charge in [0.2, 0.25) is 0 Å². The largest absolute Gasteiger partial charge is 0.485 e. The average molecular weight is 277 g/mol. The van der Waals surface area contributed by atoms with Crippen LogP contribution in [0, 0.1) is 5.82 Å². The summed E-state index contributed by atoms with van der Waals surface area (Å²) in [5.41, 5.74) is 5.12. The van der Waals surface area contributed by atoms with Crippen molar-refractivity contribution in [2.45, 2.75) is 19.8 Å². The van der Waals surface area contributed by atoms with Gasteiger partial charge in [-0.2, -0.15) is 0 Å². The van der Waals surface area contributed by atoms with Crippen molar-refractivity contribution in [2.24, 2.45) is 0 Å². The van der Waals surface area contributed by atoms with Crippen molar-refractivity contribution in [3.05, 3.63) is 23.5 Å². The van der Waals surface area contributed by atoms with E-state index >= 15 is 0 Å². The first-order valence-electron chi connectivity index (χ1n) is 5.62. The Bertz CT molecular complexity index is 452. The van der Waals surface area contributed by atoms with Crippen LogP contribution in [0.4, 0.5) is 18.9 Å². The van der Waals surface area contributed by atoms with Gasteiger partial charge in [0.1, 0.15) is 18.2 Å². The predicted molar refractivity (Wildman–Crippen MR) is 62.9 cm³/mol. The zero-order chi connectivity index (χ0) is 14.4. The van der Waals surface area contributed by atoms with Crippen LogP contribution in [0.2, 0.25) is 0 Å². The SMILES string of the molecule is CCCOC(=O)c1cc(F)cc(OCC(F)F)c1N. The van der Waals surface area contributed by atoms with Crippen LogP contribution in [0.5, 0.6) is 5.75 Å². The number of anilines is 1. The number of carbonyl (C=O) groups is 1. The first-order chi connectivity index (χ1) is 8.95. The van der Waals surface area contributed by atoms with Gasteiger partial charge in [-0.25, -0.2) is 18.0 Å². The molecule has 1 aromatic rings. The van der Waals surface area contributed by atoms with Crippen LogP contribution < -0.4 is 10.5 Å². The van der Waals surface area contributed by atoms with Crippen molar-refractivity contribution < 1.29 is 27.4 Å². The van der Waals surface area contributed by atoms with Gasteiger partial charge in [-0.1, -0.05) is 6.92 Å². The maximum Gasteiger partial charge on any atom is 0.340 e. The number of ether oxygens (including phenoxy) is 2. The zero-order valence-electron chi connectivity index (χ0n) is 10.3. The van der Waals surface area contributed by atoms with E-state index in [1.807, 2.05) is 0 Å². The molecule has 0 fully saturated rings. The van der Waals surface area contributed by atoms with Crippen molar-refractivity contribution >= 4 is 11.7 Å². The molecule has 0 spiro atoms. The van der Waals surface area contributed by atoms with E-state index in [0.29, 0.717) is 6.42 Å². The van der Waals surface area contributed by atoms with E-state index in [-0.39, 0.29) is 23.6 Å². The third-order valence-electron chi connectivity index (χ3n) is 2.13. The molecule has 0 heterocycles. The molecule has 0 aliphatic carbocycles. The lowest BCUT2D eigenvalue weighted by Crippen LogP contribution is -2.13. The number of esters is 1. The number of nitrogen functional groups attached to an aromatic ring is 1. The molecule has 1 rings (SSSR count). The topological polar surface area (TPSA) is 61.5 Å². The smallest absolute Gasteiger partial charge is 0.340 e. The fourth-order valence-electron chi connectivity index (χ4n) is 1.31. The maximum atomic E-state index is 13.3. The van der Waals surface area contributed by atoms with E-state index in [1.54, 1.807) is 6.92 Å². The van der Waals surface area contributed by atoms with Crippen LogP contribution >= 0.6 is 0 Å². The van der Waals surface area contributed by atoms with E-state index in [2.05, 4.69) is 4.74 Å². The van der Waals surface area contributed by atoms with E-state index in [4.69, 9.17) is 10.5 Å². The highest BCUT2D eigenvalue weighted by Gasteiger charge is 2.18. The summed E-state index contributed by atoms with van der Waals surface area (Å²) in [6, 6.07) is 1.72. The first-order valence-corrected chi connectivity index (χ1v) is 5.62. The molecule has 0 amide bonds. The van der Waals surface area contributed by atoms with Crippen LogP contribution in [0.3, 0.4) is 0 Å². The second-order valence-electron chi connectivity index (χ2n) is 3.70. The molecule has 0 atom stereocenters. The predicted octanol–water partition coefficient (Wildman–Crippen LogP) is 2.62. The Labute approximate surface area is 108 Å². The summed E-state index contributed by atoms with van der Waals surface area (Å²) in [6.07, 6.45) is -2.13. The molecule has 0 aliphatic rings. The zero-order valence-corrected chi connectivity index (χ0v) is 10.3. The second kappa shape index (κ2) is 6.86. The van der Waals surface area contributed by atoms with E-state index in [9.17, 15) is 18.0 Å². The minimum Gasteiger partial charge on any atom is -0.485 e. The molecule has 0 saturated heterocycles. The third-order valence-corrected chi connectivity index (χ3v) is 2.13. The van der Waals surface area contributed by atoms with Gasteiger partial charge in [0, 0.05) is 6.07 Å². The number of hydrogen-bond acceptors (Lipinski definition) is 4. The van der Waals surface area contributed by atoms with Crippen LogP contribution in [0.15, 0.2) is 12.1 Å². The Morgan fingerprint density at radius 2 is 2.11 bits per heavy atom. The van der Waals surface area contributed by atoms with Gasteiger partial charge in [0.05, 0.1) is 17.9 Å². The molecule has 0 unspecified atom stereocenters. The standard InChI is InChI=1S/C12H14F3NO3/c1-2-3-18-12(17)8-4-7(13)5-9(11(8)16)19-6-10(14)15/h4-5,10H,2-3,6,16H2,1H3. The highest BCUT2D eigenvalue weighted by Crippen LogP contribution is 2.28. The van der Waals surface area contributed by atoms with Crippen molar-refractivity contribution in [3.63, 3.8) is 0 Å². The third kappa shape index (κ3) is 4.35. The second-order valence-corrected chi connectivity index (χ2v) is 3.70. The van der Waals surface area contributed by atoms with Crippen LogP contribution in [-0.4, -0.2) is 25.6 Å². The number of hydrogen-bond donors (Lipinski definition) is 1. The molecule has 19 heavy (non-hydrogen) atoms. The van der Waals surface area contributed by atoms with Gasteiger partial charge in [-0.15, -0.1) is 0 Å². The van der Waals surface area contributed by atoms with Gasteiger partial charge in [-0.3, -0.25) is 0 Å². The minimum atomic E-state index is -2.72. The molecule has 0 aliphatic heterocycles. The van der Waals surface area contributed by atoms with Crippen molar-refractivity contribution in [1.82, 2.24) is 0 Å². The van der Waals surface area contributed by atoms with Crippen molar-refractivity contribution in [1.29, 1.82) is 0 Å². The maximum absolute atomic E-state index is 13.3. The summed E-state index contributed by atoms with van der Waals surface area (Å²) in [5.74, 6) is -1.94. The summed E-state index contributed by atoms with van der Waals surface area (Å²) in [5, 5.41) is 0. The highest BCUT2D eigenvalue weighted by molar-refractivity contribution is 5.96. The highest BCUT2D eigenvalue weighted by atomic mass is 19.3. The number of carbonyl (C=O) groups excluding carboxylic acids is 1. The van der Waals surface area contributed by atoms with Crippen molar-refractivity contribution in [3.8, 4) is 5.75 Å². The van der Waals surface area contributed by atoms with Crippen LogP contribution in [0.1, 0.15) is 23.7 Å². The van der Waals surface area contributed by atoms with E-state index in [0.717, 1.165) is 12.1 Å². The molecule has 2 N–H and O–H groups in total. The number of nitrogens with two attached hydrogens (primary N) is 1. The van der Waals surface area contributed by atoms with E-state index in [1.165, 1.54) is 0 Å². The lowest BCUT2D eigenvalue weighted by atomic mass is 10.1. The molecule has 0 aromatic heterocycles.